The normalized spacial score (nSPS) is 24.9. The maximum atomic E-state index is 12.3. The van der Waals surface area contributed by atoms with E-state index in [2.05, 4.69) is 40.6 Å². The molecule has 2 N–H and O–H groups in total. The molecule has 2 heterocycles. The van der Waals surface area contributed by atoms with Gasteiger partial charge in [0.15, 0.2) is 0 Å². The van der Waals surface area contributed by atoms with E-state index < -0.39 is 11.6 Å². The molecule has 3 atom stereocenters. The van der Waals surface area contributed by atoms with E-state index in [9.17, 15) is 15.0 Å². The van der Waals surface area contributed by atoms with Crippen molar-refractivity contribution in [3.8, 4) is 0 Å². The van der Waals surface area contributed by atoms with E-state index in [1.165, 1.54) is 35.3 Å². The maximum absolute atomic E-state index is 12.3. The molecule has 0 spiro atoms. The molecule has 2 bridgehead atoms. The summed E-state index contributed by atoms with van der Waals surface area (Å²) in [6.45, 7) is 5.13. The zero-order valence-electron chi connectivity index (χ0n) is 18.3. The first-order valence-electron chi connectivity index (χ1n) is 11.3. The Labute approximate surface area is 193 Å². The Kier molecular flexibility index (Phi) is 5.66. The van der Waals surface area contributed by atoms with Crippen molar-refractivity contribution in [2.45, 2.75) is 37.8 Å². The predicted molar refractivity (Wildman–Crippen MR) is 127 cm³/mol. The third-order valence-electron chi connectivity index (χ3n) is 7.42. The van der Waals surface area contributed by atoms with Gasteiger partial charge in [-0.15, -0.1) is 11.3 Å². The van der Waals surface area contributed by atoms with Gasteiger partial charge in [-0.05, 0) is 59.6 Å². The Morgan fingerprint density at radius 2 is 1.62 bits per heavy atom. The van der Waals surface area contributed by atoms with E-state index >= 15 is 0 Å². The Bertz CT molecular complexity index is 1080. The Hall–Kier alpha value is -2.47. The lowest BCUT2D eigenvalue weighted by Crippen LogP contribution is -2.40. The van der Waals surface area contributed by atoms with Gasteiger partial charge >= 0.3 is 5.97 Å². The molecule has 4 nitrogen and oxygen atoms in total. The van der Waals surface area contributed by atoms with Crippen molar-refractivity contribution in [3.05, 3.63) is 93.2 Å². The molecular weight excluding hydrogens is 418 g/mol. The molecule has 3 unspecified atom stereocenters. The highest BCUT2D eigenvalue weighted by atomic mass is 32.1. The second kappa shape index (κ2) is 8.47. The summed E-state index contributed by atoms with van der Waals surface area (Å²) in [5.41, 5.74) is 1.94. The first-order valence-corrected chi connectivity index (χ1v) is 12.2. The van der Waals surface area contributed by atoms with Gasteiger partial charge in [-0.25, -0.2) is 4.79 Å². The zero-order chi connectivity index (χ0) is 22.3. The van der Waals surface area contributed by atoms with Crippen LogP contribution in [0.25, 0.3) is 0 Å². The van der Waals surface area contributed by atoms with Crippen molar-refractivity contribution in [1.29, 1.82) is 0 Å². The number of hydrogen-bond donors (Lipinski definition) is 2. The van der Waals surface area contributed by atoms with E-state index in [-0.39, 0.29) is 0 Å². The molecule has 166 valence electrons. The largest absolute Gasteiger partial charge is 0.479 e. The summed E-state index contributed by atoms with van der Waals surface area (Å²) in [6, 6.07) is 19.4. The van der Waals surface area contributed by atoms with Crippen LogP contribution in [0.3, 0.4) is 0 Å². The van der Waals surface area contributed by atoms with E-state index in [4.69, 9.17) is 0 Å². The van der Waals surface area contributed by atoms with E-state index in [1.807, 2.05) is 13.0 Å². The number of rotatable bonds is 6. The van der Waals surface area contributed by atoms with Crippen LogP contribution in [0.2, 0.25) is 0 Å². The van der Waals surface area contributed by atoms with Crippen LogP contribution in [0.15, 0.2) is 66.0 Å². The Morgan fingerprint density at radius 3 is 2.22 bits per heavy atom. The van der Waals surface area contributed by atoms with Crippen molar-refractivity contribution >= 4 is 17.3 Å². The first kappa shape index (κ1) is 21.4. The van der Waals surface area contributed by atoms with Crippen molar-refractivity contribution in [3.63, 3.8) is 0 Å². The van der Waals surface area contributed by atoms with Gasteiger partial charge in [-0.3, -0.25) is 4.90 Å². The molecule has 5 rings (SSSR count). The molecule has 0 amide bonds. The van der Waals surface area contributed by atoms with Crippen LogP contribution in [0.5, 0.6) is 0 Å². The summed E-state index contributed by atoms with van der Waals surface area (Å²) in [5, 5.41) is 23.5. The standard InChI is InChI=1S/C27H29NO3S/c1-18-23(17-32-25(18)27(31,26(29)30)22-10-6-3-7-11-22)24-20-12-13-21(24)16-28(15-20)14-19-8-4-2-5-9-19/h2-11,17,20-21,24,31H,12-16H2,1H3,(H,29,30). The molecule has 1 aromatic heterocycles. The third kappa shape index (κ3) is 3.58. The molecule has 1 aliphatic carbocycles. The summed E-state index contributed by atoms with van der Waals surface area (Å²) in [7, 11) is 0. The fraction of sp³-hybridized carbons (Fsp3) is 0.370. The number of piperidine rings is 1. The second-order valence-electron chi connectivity index (χ2n) is 9.33. The highest BCUT2D eigenvalue weighted by Crippen LogP contribution is 2.51. The summed E-state index contributed by atoms with van der Waals surface area (Å²) < 4.78 is 0. The lowest BCUT2D eigenvalue weighted by Gasteiger charge is -2.38. The minimum atomic E-state index is -2.01. The van der Waals surface area contributed by atoms with Gasteiger partial charge < -0.3 is 10.2 Å². The monoisotopic (exact) mass is 447 g/mol. The van der Waals surface area contributed by atoms with E-state index in [0.717, 1.165) is 25.2 Å². The molecule has 3 aromatic rings. The molecule has 1 saturated heterocycles. The molecule has 1 aliphatic heterocycles. The summed E-state index contributed by atoms with van der Waals surface area (Å²) in [4.78, 5) is 15.4. The van der Waals surface area contributed by atoms with Crippen LogP contribution in [-0.2, 0) is 16.9 Å². The van der Waals surface area contributed by atoms with Crippen LogP contribution < -0.4 is 0 Å². The molecule has 0 radical (unpaired) electrons. The van der Waals surface area contributed by atoms with Crippen LogP contribution in [-0.4, -0.2) is 34.2 Å². The number of thiophene rings is 1. The lowest BCUT2D eigenvalue weighted by molar-refractivity contribution is -0.154. The summed E-state index contributed by atoms with van der Waals surface area (Å²) in [5.74, 6) is 0.378. The summed E-state index contributed by atoms with van der Waals surface area (Å²) in [6.07, 6.45) is 2.43. The molecular formula is C27H29NO3S. The van der Waals surface area contributed by atoms with Crippen LogP contribution in [0.1, 0.15) is 45.9 Å². The average molecular weight is 448 g/mol. The minimum Gasteiger partial charge on any atom is -0.479 e. The lowest BCUT2D eigenvalue weighted by atomic mass is 9.78. The second-order valence-corrected chi connectivity index (χ2v) is 10.2. The maximum Gasteiger partial charge on any atom is 0.346 e. The number of carboxylic acids is 1. The minimum absolute atomic E-state index is 0.407. The highest BCUT2D eigenvalue weighted by molar-refractivity contribution is 7.10. The molecule has 5 heteroatoms. The Balaban J connectivity index is 1.42. The fourth-order valence-corrected chi connectivity index (χ4v) is 7.19. The SMILES string of the molecule is Cc1c(C2C3CCC2CN(Cc2ccccc2)C3)csc1C(O)(C(=O)O)c1ccccc1. The molecule has 2 fully saturated rings. The van der Waals surface area contributed by atoms with Crippen molar-refractivity contribution in [2.24, 2.45) is 11.8 Å². The number of nitrogens with zero attached hydrogens (tertiary/aromatic N) is 1. The Morgan fingerprint density at radius 1 is 1.03 bits per heavy atom. The van der Waals surface area contributed by atoms with Gasteiger partial charge in [0.25, 0.3) is 0 Å². The number of hydrogen-bond acceptors (Lipinski definition) is 4. The van der Waals surface area contributed by atoms with Crippen molar-refractivity contribution in [2.75, 3.05) is 13.1 Å². The highest BCUT2D eigenvalue weighted by Gasteiger charge is 2.47. The number of aliphatic carboxylic acids is 1. The number of aliphatic hydroxyl groups is 1. The van der Waals surface area contributed by atoms with Crippen LogP contribution >= 0.6 is 11.3 Å². The molecule has 2 aliphatic rings. The topological polar surface area (TPSA) is 60.8 Å². The number of fused-ring (bicyclic) bond motifs is 2. The zero-order valence-corrected chi connectivity index (χ0v) is 19.1. The number of benzene rings is 2. The smallest absolute Gasteiger partial charge is 0.346 e. The van der Waals surface area contributed by atoms with E-state index in [1.54, 1.807) is 24.3 Å². The van der Waals surface area contributed by atoms with Gasteiger partial charge in [-0.1, -0.05) is 60.7 Å². The van der Waals surface area contributed by atoms with Crippen LogP contribution in [0.4, 0.5) is 0 Å². The van der Waals surface area contributed by atoms with Gasteiger partial charge in [0.05, 0.1) is 4.88 Å². The van der Waals surface area contributed by atoms with Crippen molar-refractivity contribution < 1.29 is 15.0 Å². The molecule has 2 aromatic carbocycles. The average Bonchev–Trinajstić information content (AvgIpc) is 3.30. The fourth-order valence-electron chi connectivity index (χ4n) is 5.94. The van der Waals surface area contributed by atoms with Crippen LogP contribution in [0, 0.1) is 18.8 Å². The molecule has 1 saturated carbocycles. The van der Waals surface area contributed by atoms with Gasteiger partial charge in [0, 0.05) is 25.2 Å². The van der Waals surface area contributed by atoms with E-state index in [0.29, 0.717) is 28.2 Å². The number of carboxylic acid groups (broad SMARTS) is 1. The summed E-state index contributed by atoms with van der Waals surface area (Å²) >= 11 is 1.39. The van der Waals surface area contributed by atoms with Gasteiger partial charge in [0.2, 0.25) is 5.60 Å². The quantitative estimate of drug-likeness (QED) is 0.558. The first-order chi connectivity index (χ1) is 15.5. The molecule has 32 heavy (non-hydrogen) atoms. The predicted octanol–water partition coefficient (Wildman–Crippen LogP) is 5.00. The van der Waals surface area contributed by atoms with Crippen molar-refractivity contribution in [1.82, 2.24) is 4.90 Å². The van der Waals surface area contributed by atoms with Gasteiger partial charge in [-0.2, -0.15) is 0 Å². The number of likely N-dealkylation sites (tertiary alicyclic amines) is 1. The third-order valence-corrected chi connectivity index (χ3v) is 8.63. The van der Waals surface area contributed by atoms with Gasteiger partial charge in [0.1, 0.15) is 0 Å². The number of carbonyl (C=O) groups is 1.